The summed E-state index contributed by atoms with van der Waals surface area (Å²) >= 11 is 6.25. The van der Waals surface area contributed by atoms with E-state index >= 15 is 0 Å². The van der Waals surface area contributed by atoms with E-state index in [2.05, 4.69) is 20.2 Å². The zero-order chi connectivity index (χ0) is 25.5. The fourth-order valence-electron chi connectivity index (χ4n) is 4.42. The maximum absolute atomic E-state index is 13.1. The van der Waals surface area contributed by atoms with Crippen LogP contribution in [0.5, 0.6) is 0 Å². The van der Waals surface area contributed by atoms with Crippen molar-refractivity contribution in [2.24, 2.45) is 5.92 Å². The van der Waals surface area contributed by atoms with Gasteiger partial charge < -0.3 is 20.1 Å². The van der Waals surface area contributed by atoms with Crippen LogP contribution in [0.25, 0.3) is 0 Å². The molecule has 2 aliphatic rings. The Morgan fingerprint density at radius 3 is 2.57 bits per heavy atom. The van der Waals surface area contributed by atoms with Gasteiger partial charge in [0.1, 0.15) is 16.6 Å². The van der Waals surface area contributed by atoms with E-state index in [9.17, 15) is 14.7 Å². The molecule has 0 spiro atoms. The number of aliphatic hydroxyl groups is 1. The van der Waals surface area contributed by atoms with Crippen LogP contribution in [0.15, 0.2) is 24.5 Å². The number of imide groups is 1. The zero-order valence-electron chi connectivity index (χ0n) is 20.8. The van der Waals surface area contributed by atoms with Gasteiger partial charge in [-0.15, -0.1) is 0 Å². The average molecular weight is 502 g/mol. The second-order valence-corrected chi connectivity index (χ2v) is 11.0. The van der Waals surface area contributed by atoms with Gasteiger partial charge in [0.25, 0.3) is 5.91 Å². The van der Waals surface area contributed by atoms with E-state index in [1.54, 1.807) is 27.0 Å². The van der Waals surface area contributed by atoms with Crippen molar-refractivity contribution >= 4 is 40.8 Å². The molecule has 4 heterocycles. The Hall–Kier alpha value is -2.91. The highest BCUT2D eigenvalue weighted by atomic mass is 35.5. The zero-order valence-corrected chi connectivity index (χ0v) is 21.5. The number of ether oxygens (including phenoxy) is 1. The molecule has 1 atom stereocenters. The van der Waals surface area contributed by atoms with Crippen LogP contribution in [0.3, 0.4) is 0 Å². The van der Waals surface area contributed by atoms with E-state index in [0.717, 1.165) is 36.5 Å². The van der Waals surface area contributed by atoms with Crippen LogP contribution in [-0.2, 0) is 11.3 Å². The molecule has 2 aromatic rings. The molecule has 0 radical (unpaired) electrons. The number of fused-ring (bicyclic) bond motifs is 1. The molecule has 2 N–H and O–H groups in total. The molecule has 4 rings (SSSR count). The number of pyridine rings is 2. The summed E-state index contributed by atoms with van der Waals surface area (Å²) in [4.78, 5) is 37.6. The molecular formula is C25H32ClN5O4. The lowest BCUT2D eigenvalue weighted by Crippen LogP contribution is -2.44. The third-order valence-electron chi connectivity index (χ3n) is 6.31. The van der Waals surface area contributed by atoms with Gasteiger partial charge in [0.15, 0.2) is 0 Å². The van der Waals surface area contributed by atoms with Gasteiger partial charge >= 0.3 is 6.09 Å². The first kappa shape index (κ1) is 25.2. The van der Waals surface area contributed by atoms with Gasteiger partial charge in [-0.2, -0.15) is 0 Å². The van der Waals surface area contributed by atoms with Crippen molar-refractivity contribution in [2.45, 2.75) is 65.2 Å². The Kier molecular flexibility index (Phi) is 6.68. The van der Waals surface area contributed by atoms with Crippen LogP contribution in [0.1, 0.15) is 63.4 Å². The van der Waals surface area contributed by atoms with Crippen LogP contribution in [0.4, 0.5) is 22.0 Å². The third-order valence-corrected chi connectivity index (χ3v) is 6.64. The normalized spacial score (nSPS) is 18.5. The van der Waals surface area contributed by atoms with Gasteiger partial charge in [-0.3, -0.25) is 4.79 Å². The van der Waals surface area contributed by atoms with Crippen molar-refractivity contribution in [1.82, 2.24) is 14.9 Å². The van der Waals surface area contributed by atoms with Crippen LogP contribution in [-0.4, -0.2) is 56.3 Å². The summed E-state index contributed by atoms with van der Waals surface area (Å²) in [5, 5.41) is 13.7. The van der Waals surface area contributed by atoms with Crippen LogP contribution >= 0.6 is 11.6 Å². The number of hydrogen-bond donors (Lipinski definition) is 2. The maximum Gasteiger partial charge on any atom is 0.417 e. The first-order chi connectivity index (χ1) is 16.3. The molecular weight excluding hydrogens is 470 g/mol. The molecule has 9 nitrogen and oxygen atoms in total. The number of carbonyl (C=O) groups excluding carboxylic acids is 2. The van der Waals surface area contributed by atoms with Crippen molar-refractivity contribution in [2.75, 3.05) is 23.3 Å². The first-order valence-electron chi connectivity index (χ1n) is 11.8. The summed E-state index contributed by atoms with van der Waals surface area (Å²) in [7, 11) is 0. The van der Waals surface area contributed by atoms with Crippen molar-refractivity contribution in [3.63, 3.8) is 0 Å². The Morgan fingerprint density at radius 1 is 1.20 bits per heavy atom. The van der Waals surface area contributed by atoms with E-state index in [1.807, 2.05) is 26.0 Å². The average Bonchev–Trinajstić information content (AvgIpc) is 3.13. The highest BCUT2D eigenvalue weighted by molar-refractivity contribution is 6.31. The number of nitrogens with one attached hydrogen (secondary N) is 1. The van der Waals surface area contributed by atoms with E-state index in [1.165, 1.54) is 6.20 Å². The van der Waals surface area contributed by atoms with Gasteiger partial charge in [0.05, 0.1) is 41.5 Å². The number of nitrogens with zero attached hydrogens (tertiary/aromatic N) is 4. The van der Waals surface area contributed by atoms with Gasteiger partial charge in [-0.25, -0.2) is 19.7 Å². The number of amides is 2. The Labute approximate surface area is 210 Å². The predicted molar refractivity (Wildman–Crippen MR) is 134 cm³/mol. The summed E-state index contributed by atoms with van der Waals surface area (Å²) in [5.74, 6) is 0.221. The number of hydrogen-bond acceptors (Lipinski definition) is 8. The van der Waals surface area contributed by atoms with E-state index in [4.69, 9.17) is 16.3 Å². The lowest BCUT2D eigenvalue weighted by molar-refractivity contribution is 0.0110. The first-order valence-corrected chi connectivity index (χ1v) is 12.1. The topological polar surface area (TPSA) is 108 Å². The minimum Gasteiger partial charge on any atom is -0.443 e. The summed E-state index contributed by atoms with van der Waals surface area (Å²) in [6, 6.07) is 3.79. The lowest BCUT2D eigenvalue weighted by Gasteiger charge is -2.39. The van der Waals surface area contributed by atoms with E-state index in [0.29, 0.717) is 17.1 Å². The number of halogens is 1. The molecule has 2 amide bonds. The van der Waals surface area contributed by atoms with Crippen molar-refractivity contribution in [3.05, 3.63) is 40.8 Å². The number of carbonyl (C=O) groups is 2. The van der Waals surface area contributed by atoms with E-state index in [-0.39, 0.29) is 23.2 Å². The Morgan fingerprint density at radius 2 is 1.94 bits per heavy atom. The van der Waals surface area contributed by atoms with Gasteiger partial charge in [-0.05, 0) is 59.6 Å². The molecule has 1 saturated heterocycles. The number of rotatable bonds is 4. The molecule has 0 aromatic carbocycles. The highest BCUT2D eigenvalue weighted by Crippen LogP contribution is 2.35. The highest BCUT2D eigenvalue weighted by Gasteiger charge is 2.39. The third kappa shape index (κ3) is 5.51. The maximum atomic E-state index is 13.1. The quantitative estimate of drug-likeness (QED) is 0.578. The number of aromatic nitrogens is 2. The molecule has 1 fully saturated rings. The van der Waals surface area contributed by atoms with Crippen molar-refractivity contribution in [3.8, 4) is 0 Å². The number of anilines is 3. The van der Waals surface area contributed by atoms with Gasteiger partial charge in [-0.1, -0.05) is 11.6 Å². The largest absolute Gasteiger partial charge is 0.443 e. The SMILES string of the molecule is CC(C)(C)OC(=O)N1Cc2c(Cl)ncc(Nc3ccc(N4CCC[C@@H](C(C)(C)O)C4)cn3)c2C1=O. The van der Waals surface area contributed by atoms with Crippen molar-refractivity contribution in [1.29, 1.82) is 0 Å². The molecule has 10 heteroatoms. The molecule has 0 aliphatic carbocycles. The fourth-order valence-corrected chi connectivity index (χ4v) is 4.62. The van der Waals surface area contributed by atoms with Crippen molar-refractivity contribution < 1.29 is 19.4 Å². The molecule has 2 aromatic heterocycles. The Bertz CT molecular complexity index is 1120. The minimum absolute atomic E-state index is 0.00582. The molecule has 2 aliphatic heterocycles. The van der Waals surface area contributed by atoms with Crippen LogP contribution < -0.4 is 10.2 Å². The minimum atomic E-state index is -0.734. The number of piperidine rings is 1. The molecule has 0 bridgehead atoms. The molecule has 35 heavy (non-hydrogen) atoms. The lowest BCUT2D eigenvalue weighted by atomic mass is 9.84. The van der Waals surface area contributed by atoms with Gasteiger partial charge in [0, 0.05) is 24.6 Å². The molecule has 0 saturated carbocycles. The summed E-state index contributed by atoms with van der Waals surface area (Å²) in [5.41, 5.74) is 0.676. The smallest absolute Gasteiger partial charge is 0.417 e. The fraction of sp³-hybridized carbons (Fsp3) is 0.520. The standard InChI is InChI=1S/C25H32ClN5O4/c1-24(2,3)35-23(33)31-14-17-20(22(31)32)18(12-28-21(17)26)29-19-9-8-16(11-27-19)30-10-6-7-15(13-30)25(4,5)34/h8-9,11-12,15,34H,6-7,10,13-14H2,1-5H3,(H,27,29)/t15-/m1/s1. The summed E-state index contributed by atoms with van der Waals surface area (Å²) in [6.45, 7) is 10.6. The van der Waals surface area contributed by atoms with Crippen LogP contribution in [0.2, 0.25) is 5.15 Å². The molecule has 188 valence electrons. The van der Waals surface area contributed by atoms with E-state index < -0.39 is 23.2 Å². The van der Waals surface area contributed by atoms with Crippen LogP contribution in [0, 0.1) is 5.92 Å². The summed E-state index contributed by atoms with van der Waals surface area (Å²) < 4.78 is 5.37. The molecule has 0 unspecified atom stereocenters. The summed E-state index contributed by atoms with van der Waals surface area (Å²) in [6.07, 6.45) is 4.51. The second-order valence-electron chi connectivity index (χ2n) is 10.7. The predicted octanol–water partition coefficient (Wildman–Crippen LogP) is 4.75. The second kappa shape index (κ2) is 9.28. The van der Waals surface area contributed by atoms with Gasteiger partial charge in [0.2, 0.25) is 0 Å². The Balaban J connectivity index is 1.51. The monoisotopic (exact) mass is 501 g/mol.